The van der Waals surface area contributed by atoms with Gasteiger partial charge in [-0.2, -0.15) is 0 Å². The number of fused-ring (bicyclic) bond motifs is 16. The van der Waals surface area contributed by atoms with Gasteiger partial charge < -0.3 is 0 Å². The molecule has 0 radical (unpaired) electrons. The minimum absolute atomic E-state index is 0.113. The summed E-state index contributed by atoms with van der Waals surface area (Å²) >= 11 is 0. The highest BCUT2D eigenvalue weighted by atomic mass is 15.2. The Labute approximate surface area is 359 Å². The fourth-order valence-electron chi connectivity index (χ4n) is 10.9. The van der Waals surface area contributed by atoms with Crippen LogP contribution in [0.4, 0.5) is 0 Å². The molecule has 13 aromatic rings. The molecule has 0 bridgehead atoms. The summed E-state index contributed by atoms with van der Waals surface area (Å²) in [4.78, 5) is 21.9. The van der Waals surface area contributed by atoms with E-state index in [1.807, 2.05) is 12.1 Å². The van der Waals surface area contributed by atoms with E-state index in [4.69, 9.17) is 19.9 Å². The Hall–Kier alpha value is -8.56. The van der Waals surface area contributed by atoms with Crippen LogP contribution in [-0.2, 0) is 0 Å². The molecule has 0 unspecified atom stereocenters. The van der Waals surface area contributed by atoms with Crippen LogP contribution < -0.4 is 16.4 Å². The number of nitrogens with zero attached hydrogens (tertiary/aromatic N) is 8. The molecule has 7 aromatic carbocycles. The first-order valence-corrected chi connectivity index (χ1v) is 21.4. The van der Waals surface area contributed by atoms with Gasteiger partial charge in [-0.25, -0.2) is 19.9 Å². The van der Waals surface area contributed by atoms with Gasteiger partial charge >= 0.3 is 0 Å². The van der Waals surface area contributed by atoms with Gasteiger partial charge in [0.15, 0.2) is 22.9 Å². The fraction of sp³-hybridized carbons (Fsp3) is 0. The van der Waals surface area contributed by atoms with Crippen molar-refractivity contribution >= 4 is 78.5 Å². The average Bonchev–Trinajstić information content (AvgIpc) is 4.09. The molecule has 0 saturated carbocycles. The smallest absolute Gasteiger partial charge is 0.258 e. The molecule has 6 aromatic heterocycles. The van der Waals surface area contributed by atoms with E-state index in [1.165, 1.54) is 27.2 Å². The van der Waals surface area contributed by atoms with Crippen molar-refractivity contribution in [3.63, 3.8) is 0 Å². The van der Waals surface area contributed by atoms with Crippen molar-refractivity contribution in [2.45, 2.75) is 0 Å². The van der Waals surface area contributed by atoms with Gasteiger partial charge in [-0.15, -0.1) is 0 Å². The summed E-state index contributed by atoms with van der Waals surface area (Å²) in [5.41, 5.74) is 20.0. The topological polar surface area (TPSA) is 70.2 Å². The highest BCUT2D eigenvalue weighted by Gasteiger charge is 2.46. The van der Waals surface area contributed by atoms with Gasteiger partial charge in [0.05, 0.1) is 11.0 Å². The Balaban J connectivity index is 1.16. The number of benzene rings is 7. The molecule has 0 aliphatic carbocycles. The summed E-state index contributed by atoms with van der Waals surface area (Å²) < 4.78 is 9.73. The van der Waals surface area contributed by atoms with Crippen LogP contribution in [0.5, 0.6) is 0 Å². The molecular formula is C54H31BN8. The molecule has 2 aliphatic heterocycles. The Morgan fingerprint density at radius 2 is 0.714 bits per heavy atom. The van der Waals surface area contributed by atoms with Crippen molar-refractivity contribution in [3.8, 4) is 56.7 Å². The second kappa shape index (κ2) is 12.1. The lowest BCUT2D eigenvalue weighted by Crippen LogP contribution is -2.59. The van der Waals surface area contributed by atoms with E-state index in [0.29, 0.717) is 11.6 Å². The molecule has 0 saturated heterocycles. The molecule has 0 atom stereocenters. The van der Waals surface area contributed by atoms with Crippen LogP contribution in [0, 0.1) is 0 Å². The largest absolute Gasteiger partial charge is 0.290 e. The molecule has 8 heterocycles. The van der Waals surface area contributed by atoms with Crippen molar-refractivity contribution in [2.24, 2.45) is 0 Å². The molecule has 0 fully saturated rings. The third-order valence-electron chi connectivity index (χ3n) is 13.4. The number of rotatable bonds is 4. The van der Waals surface area contributed by atoms with Gasteiger partial charge in [-0.05, 0) is 51.4 Å². The molecule has 8 nitrogen and oxygen atoms in total. The van der Waals surface area contributed by atoms with Crippen molar-refractivity contribution < 1.29 is 0 Å². The van der Waals surface area contributed by atoms with E-state index in [2.05, 4.69) is 194 Å². The van der Waals surface area contributed by atoms with Crippen LogP contribution in [0.15, 0.2) is 188 Å². The first-order chi connectivity index (χ1) is 31.3. The van der Waals surface area contributed by atoms with Crippen LogP contribution in [0.3, 0.4) is 0 Å². The third-order valence-corrected chi connectivity index (χ3v) is 13.4. The molecule has 290 valence electrons. The highest BCUT2D eigenvalue weighted by molar-refractivity contribution is 7.02. The number of aromatic nitrogens is 8. The van der Waals surface area contributed by atoms with E-state index in [9.17, 15) is 0 Å². The van der Waals surface area contributed by atoms with Crippen molar-refractivity contribution in [2.75, 3.05) is 0 Å². The Morgan fingerprint density at radius 1 is 0.333 bits per heavy atom. The molecule has 9 heteroatoms. The second-order valence-corrected chi connectivity index (χ2v) is 16.6. The zero-order valence-corrected chi connectivity index (χ0v) is 33.6. The number of hydrogen-bond acceptors (Lipinski definition) is 4. The fourth-order valence-corrected chi connectivity index (χ4v) is 10.9. The van der Waals surface area contributed by atoms with Crippen LogP contribution in [0.2, 0.25) is 0 Å². The summed E-state index contributed by atoms with van der Waals surface area (Å²) in [7, 11) is 0. The van der Waals surface area contributed by atoms with Crippen molar-refractivity contribution in [1.29, 1.82) is 0 Å². The zero-order valence-electron chi connectivity index (χ0n) is 33.6. The molecule has 15 rings (SSSR count). The number of imidazole rings is 2. The minimum atomic E-state index is -0.113. The zero-order chi connectivity index (χ0) is 40.9. The first kappa shape index (κ1) is 33.2. The van der Waals surface area contributed by atoms with E-state index < -0.39 is 0 Å². The van der Waals surface area contributed by atoms with Gasteiger partial charge in [-0.3, -0.25) is 17.9 Å². The van der Waals surface area contributed by atoms with Gasteiger partial charge in [0.2, 0.25) is 0 Å². The minimum Gasteiger partial charge on any atom is -0.290 e. The quantitative estimate of drug-likeness (QED) is 0.166. The van der Waals surface area contributed by atoms with E-state index >= 15 is 0 Å². The van der Waals surface area contributed by atoms with Crippen molar-refractivity contribution in [3.05, 3.63) is 188 Å². The van der Waals surface area contributed by atoms with Crippen LogP contribution in [0.25, 0.3) is 112 Å². The van der Waals surface area contributed by atoms with Crippen molar-refractivity contribution in [1.82, 2.24) is 37.9 Å². The molecule has 0 N–H and O–H groups in total. The van der Waals surface area contributed by atoms with E-state index in [-0.39, 0.29) is 6.71 Å². The molecule has 0 spiro atoms. The average molecular weight is 803 g/mol. The summed E-state index contributed by atoms with van der Waals surface area (Å²) in [5, 5.41) is 2.42. The van der Waals surface area contributed by atoms with Crippen LogP contribution >= 0.6 is 0 Å². The van der Waals surface area contributed by atoms with Crippen LogP contribution in [0.1, 0.15) is 0 Å². The normalized spacial score (nSPS) is 12.7. The van der Waals surface area contributed by atoms with E-state index in [1.54, 1.807) is 0 Å². The van der Waals surface area contributed by atoms with Gasteiger partial charge in [0.1, 0.15) is 33.7 Å². The number of hydrogen-bond donors (Lipinski definition) is 0. The second-order valence-electron chi connectivity index (χ2n) is 16.6. The Kier molecular flexibility index (Phi) is 6.35. The maximum atomic E-state index is 5.54. The molecular weight excluding hydrogens is 771 g/mol. The highest BCUT2D eigenvalue weighted by Crippen LogP contribution is 2.42. The third kappa shape index (κ3) is 4.20. The predicted octanol–water partition coefficient (Wildman–Crippen LogP) is 9.78. The summed E-state index contributed by atoms with van der Waals surface area (Å²) in [6.07, 6.45) is 0. The Morgan fingerprint density at radius 3 is 1.14 bits per heavy atom. The van der Waals surface area contributed by atoms with Gasteiger partial charge in [0, 0.05) is 33.6 Å². The van der Waals surface area contributed by atoms with Gasteiger partial charge in [0.25, 0.3) is 6.71 Å². The lowest BCUT2D eigenvalue weighted by atomic mass is 9.34. The molecule has 2 aliphatic rings. The maximum absolute atomic E-state index is 5.54. The molecule has 63 heavy (non-hydrogen) atoms. The lowest BCUT2D eigenvalue weighted by molar-refractivity contribution is 1.08. The SMILES string of the molecule is c1ccc(-c2nc(-c3ccccc3)c3c(n2)n2c4c(c5ccccc5n34)B3c4c-2cccc4-n2c4nc(-c5ccccc5)nc(-c5ccccc5)c4n4c5ccccc5c3c24)cc1. The lowest BCUT2D eigenvalue weighted by Gasteiger charge is -2.31. The maximum Gasteiger partial charge on any atom is 0.258 e. The summed E-state index contributed by atoms with van der Waals surface area (Å²) in [5.74, 6) is 1.38. The first-order valence-electron chi connectivity index (χ1n) is 21.4. The Bertz CT molecular complexity index is 3810. The van der Waals surface area contributed by atoms with Gasteiger partial charge in [-0.1, -0.05) is 164 Å². The summed E-state index contributed by atoms with van der Waals surface area (Å²) in [6, 6.07) is 66.4. The monoisotopic (exact) mass is 802 g/mol. The number of para-hydroxylation sites is 2. The molecule has 0 amide bonds. The standard InChI is InChI=1S/C54H31BN8/c1-5-18-32(19-6-1)45-47-51(58-49(56-45)34-22-9-3-10-23-34)62-40-30-17-31-41-44(40)55(42-36-26-13-15-28-38(36)60(47)53(42)62)43-37-27-14-16-29-39(37)61-48-46(33-20-7-2-8-21-33)57-50(35-24-11-4-12-25-35)59-52(48)63(41)54(43)61/h1-31H. The van der Waals surface area contributed by atoms with Crippen LogP contribution in [-0.4, -0.2) is 44.6 Å². The predicted molar refractivity (Wildman–Crippen MR) is 255 cm³/mol. The van der Waals surface area contributed by atoms with E-state index in [0.717, 1.165) is 89.7 Å². The summed E-state index contributed by atoms with van der Waals surface area (Å²) in [6.45, 7) is -0.113.